The lowest BCUT2D eigenvalue weighted by atomic mass is 9.80. The highest BCUT2D eigenvalue weighted by Crippen LogP contribution is 2.41. The molecule has 0 radical (unpaired) electrons. The van der Waals surface area contributed by atoms with Gasteiger partial charge in [-0.15, -0.1) is 5.10 Å². The smallest absolute Gasteiger partial charge is 0.335 e. The number of piperidine rings is 1. The molecule has 6 nitrogen and oxygen atoms in total. The SMILES string of the molecule is O=C(NC1CC(C(F)(F)F)C1)N1CCCC(Cn2ccnn2)C1. The lowest BCUT2D eigenvalue weighted by Gasteiger charge is -2.39. The van der Waals surface area contributed by atoms with Gasteiger partial charge >= 0.3 is 12.2 Å². The summed E-state index contributed by atoms with van der Waals surface area (Å²) < 4.78 is 39.1. The molecule has 2 aliphatic rings. The summed E-state index contributed by atoms with van der Waals surface area (Å²) in [7, 11) is 0. The Morgan fingerprint density at radius 2 is 2.13 bits per heavy atom. The first-order valence-corrected chi connectivity index (χ1v) is 7.88. The van der Waals surface area contributed by atoms with E-state index in [2.05, 4.69) is 15.6 Å². The zero-order valence-corrected chi connectivity index (χ0v) is 12.7. The van der Waals surface area contributed by atoms with Gasteiger partial charge in [0.15, 0.2) is 0 Å². The van der Waals surface area contributed by atoms with E-state index in [-0.39, 0.29) is 24.9 Å². The van der Waals surface area contributed by atoms with Crippen LogP contribution in [0.3, 0.4) is 0 Å². The number of nitrogens with zero attached hydrogens (tertiary/aromatic N) is 4. The molecule has 2 heterocycles. The predicted molar refractivity (Wildman–Crippen MR) is 75.4 cm³/mol. The van der Waals surface area contributed by atoms with E-state index in [1.54, 1.807) is 22.0 Å². The second kappa shape index (κ2) is 6.37. The van der Waals surface area contributed by atoms with Crippen LogP contribution in [-0.4, -0.2) is 51.2 Å². The topological polar surface area (TPSA) is 63.1 Å². The molecule has 1 saturated carbocycles. The number of hydrogen-bond acceptors (Lipinski definition) is 3. The summed E-state index contributed by atoms with van der Waals surface area (Å²) in [5.41, 5.74) is 0. The van der Waals surface area contributed by atoms with Crippen LogP contribution in [0.2, 0.25) is 0 Å². The van der Waals surface area contributed by atoms with Crippen molar-refractivity contribution in [1.82, 2.24) is 25.2 Å². The van der Waals surface area contributed by atoms with Crippen LogP contribution in [0, 0.1) is 11.8 Å². The summed E-state index contributed by atoms with van der Waals surface area (Å²) >= 11 is 0. The Morgan fingerprint density at radius 3 is 2.78 bits per heavy atom. The van der Waals surface area contributed by atoms with E-state index >= 15 is 0 Å². The van der Waals surface area contributed by atoms with Crippen LogP contribution in [0.5, 0.6) is 0 Å². The molecule has 23 heavy (non-hydrogen) atoms. The summed E-state index contributed by atoms with van der Waals surface area (Å²) in [5, 5.41) is 10.4. The number of amides is 2. The second-order valence-electron chi connectivity index (χ2n) is 6.44. The number of rotatable bonds is 3. The van der Waals surface area contributed by atoms with Crippen molar-refractivity contribution in [3.8, 4) is 0 Å². The number of alkyl halides is 3. The number of carbonyl (C=O) groups excluding carboxylic acids is 1. The molecule has 1 saturated heterocycles. The largest absolute Gasteiger partial charge is 0.391 e. The van der Waals surface area contributed by atoms with Crippen LogP contribution >= 0.6 is 0 Å². The van der Waals surface area contributed by atoms with Crippen LogP contribution < -0.4 is 5.32 Å². The fourth-order valence-corrected chi connectivity index (χ4v) is 3.26. The third-order valence-electron chi connectivity index (χ3n) is 4.65. The van der Waals surface area contributed by atoms with Crippen molar-refractivity contribution < 1.29 is 18.0 Å². The number of nitrogens with one attached hydrogen (secondary N) is 1. The van der Waals surface area contributed by atoms with E-state index in [9.17, 15) is 18.0 Å². The Kier molecular flexibility index (Phi) is 4.45. The van der Waals surface area contributed by atoms with Crippen molar-refractivity contribution in [2.24, 2.45) is 11.8 Å². The monoisotopic (exact) mass is 331 g/mol. The first-order chi connectivity index (χ1) is 10.9. The standard InChI is InChI=1S/C14H20F3N5O/c15-14(16,17)11-6-12(7-11)19-13(23)21-4-1-2-10(8-21)9-22-5-3-18-20-22/h3,5,10-12H,1-2,4,6-9H2,(H,19,23). The molecule has 2 fully saturated rings. The minimum absolute atomic E-state index is 0.00847. The highest BCUT2D eigenvalue weighted by Gasteiger charge is 2.48. The molecule has 1 unspecified atom stereocenters. The van der Waals surface area contributed by atoms with Gasteiger partial charge in [0.1, 0.15) is 0 Å². The first-order valence-electron chi connectivity index (χ1n) is 7.88. The quantitative estimate of drug-likeness (QED) is 0.922. The zero-order valence-electron chi connectivity index (χ0n) is 12.7. The summed E-state index contributed by atoms with van der Waals surface area (Å²) in [6.07, 6.45) is 1.13. The van der Waals surface area contributed by atoms with Crippen LogP contribution in [0.25, 0.3) is 0 Å². The molecular weight excluding hydrogens is 311 g/mol. The second-order valence-corrected chi connectivity index (χ2v) is 6.44. The van der Waals surface area contributed by atoms with Gasteiger partial charge in [0.05, 0.1) is 12.1 Å². The minimum atomic E-state index is -4.14. The molecule has 0 spiro atoms. The van der Waals surface area contributed by atoms with E-state index < -0.39 is 12.1 Å². The molecule has 1 aliphatic heterocycles. The molecule has 3 rings (SSSR count). The molecule has 1 N–H and O–H groups in total. The van der Waals surface area contributed by atoms with Gasteiger partial charge in [-0.05, 0) is 31.6 Å². The van der Waals surface area contributed by atoms with Gasteiger partial charge in [-0.25, -0.2) is 4.79 Å². The average Bonchev–Trinajstić information content (AvgIpc) is 2.94. The van der Waals surface area contributed by atoms with Gasteiger partial charge in [0.2, 0.25) is 0 Å². The van der Waals surface area contributed by atoms with E-state index in [1.165, 1.54) is 0 Å². The van der Waals surface area contributed by atoms with Gasteiger partial charge in [-0.2, -0.15) is 13.2 Å². The van der Waals surface area contributed by atoms with Crippen LogP contribution in [0.15, 0.2) is 12.4 Å². The zero-order chi connectivity index (χ0) is 16.4. The van der Waals surface area contributed by atoms with Crippen LogP contribution in [0.4, 0.5) is 18.0 Å². The highest BCUT2D eigenvalue weighted by molar-refractivity contribution is 5.74. The lowest BCUT2D eigenvalue weighted by Crippen LogP contribution is -2.54. The van der Waals surface area contributed by atoms with Gasteiger partial charge in [-0.1, -0.05) is 5.21 Å². The molecule has 2 amide bonds. The number of urea groups is 1. The van der Waals surface area contributed by atoms with Gasteiger partial charge in [0, 0.05) is 31.9 Å². The minimum Gasteiger partial charge on any atom is -0.335 e. The maximum absolute atomic E-state index is 12.5. The third-order valence-corrected chi connectivity index (χ3v) is 4.65. The van der Waals surface area contributed by atoms with Crippen molar-refractivity contribution in [1.29, 1.82) is 0 Å². The Balaban J connectivity index is 1.44. The van der Waals surface area contributed by atoms with Crippen molar-refractivity contribution >= 4 is 6.03 Å². The molecule has 1 aromatic heterocycles. The van der Waals surface area contributed by atoms with Crippen molar-refractivity contribution in [3.05, 3.63) is 12.4 Å². The first kappa shape index (κ1) is 16.1. The third kappa shape index (κ3) is 3.94. The molecule has 128 valence electrons. The molecule has 0 bridgehead atoms. The summed E-state index contributed by atoms with van der Waals surface area (Å²) in [5.74, 6) is -0.977. The average molecular weight is 331 g/mol. The Hall–Kier alpha value is -1.80. The summed E-state index contributed by atoms with van der Waals surface area (Å²) in [4.78, 5) is 13.9. The number of halogens is 3. The number of hydrogen-bond donors (Lipinski definition) is 1. The maximum atomic E-state index is 12.5. The Labute approximate surface area is 132 Å². The van der Waals surface area contributed by atoms with Crippen molar-refractivity contribution in [2.45, 2.75) is 44.4 Å². The Morgan fingerprint density at radius 1 is 1.35 bits per heavy atom. The Bertz CT molecular complexity index is 527. The van der Waals surface area contributed by atoms with Gasteiger partial charge < -0.3 is 10.2 Å². The van der Waals surface area contributed by atoms with Crippen LogP contribution in [0.1, 0.15) is 25.7 Å². The van der Waals surface area contributed by atoms with E-state index in [0.29, 0.717) is 25.6 Å². The molecule has 9 heteroatoms. The van der Waals surface area contributed by atoms with Crippen LogP contribution in [-0.2, 0) is 6.54 Å². The van der Waals surface area contributed by atoms with E-state index in [1.807, 2.05) is 0 Å². The number of likely N-dealkylation sites (tertiary alicyclic amines) is 1. The van der Waals surface area contributed by atoms with E-state index in [4.69, 9.17) is 0 Å². The summed E-state index contributed by atoms with van der Waals surface area (Å²) in [6.45, 7) is 1.94. The number of aromatic nitrogens is 3. The molecule has 1 aromatic rings. The fraction of sp³-hybridized carbons (Fsp3) is 0.786. The predicted octanol–water partition coefficient (Wildman–Crippen LogP) is 2.04. The fourth-order valence-electron chi connectivity index (χ4n) is 3.26. The van der Waals surface area contributed by atoms with Crippen molar-refractivity contribution in [3.63, 3.8) is 0 Å². The summed E-state index contributed by atoms with van der Waals surface area (Å²) in [6, 6.07) is -0.608. The lowest BCUT2D eigenvalue weighted by molar-refractivity contribution is -0.198. The molecule has 0 aromatic carbocycles. The molecular formula is C14H20F3N5O. The van der Waals surface area contributed by atoms with Gasteiger partial charge in [0.25, 0.3) is 0 Å². The van der Waals surface area contributed by atoms with E-state index in [0.717, 1.165) is 12.8 Å². The maximum Gasteiger partial charge on any atom is 0.391 e. The van der Waals surface area contributed by atoms with Gasteiger partial charge in [-0.3, -0.25) is 4.68 Å². The normalized spacial score (nSPS) is 28.3. The molecule has 1 atom stereocenters. The van der Waals surface area contributed by atoms with Crippen molar-refractivity contribution in [2.75, 3.05) is 13.1 Å². The highest BCUT2D eigenvalue weighted by atomic mass is 19.4. The molecule has 1 aliphatic carbocycles. The number of carbonyl (C=O) groups is 1.